The van der Waals surface area contributed by atoms with Crippen LogP contribution in [0.1, 0.15) is 49.5 Å². The highest BCUT2D eigenvalue weighted by atomic mass is 16.5. The van der Waals surface area contributed by atoms with E-state index in [2.05, 4.69) is 27.6 Å². The van der Waals surface area contributed by atoms with Crippen molar-refractivity contribution in [3.63, 3.8) is 0 Å². The number of aromatic nitrogens is 4. The molecule has 9 heteroatoms. The van der Waals surface area contributed by atoms with Crippen molar-refractivity contribution in [1.29, 1.82) is 0 Å². The van der Waals surface area contributed by atoms with Crippen molar-refractivity contribution >= 4 is 28.8 Å². The van der Waals surface area contributed by atoms with Gasteiger partial charge in [-0.05, 0) is 44.2 Å². The van der Waals surface area contributed by atoms with E-state index in [0.717, 1.165) is 67.3 Å². The van der Waals surface area contributed by atoms with Gasteiger partial charge in [0.2, 0.25) is 0 Å². The highest BCUT2D eigenvalue weighted by molar-refractivity contribution is 5.76. The zero-order valence-electron chi connectivity index (χ0n) is 19.0. The van der Waals surface area contributed by atoms with Crippen LogP contribution >= 0.6 is 0 Å². The number of nitrogens with zero attached hydrogens (tertiary/aromatic N) is 4. The monoisotopic (exact) mass is 449 g/mol. The van der Waals surface area contributed by atoms with Crippen molar-refractivity contribution in [3.05, 3.63) is 48.3 Å². The lowest BCUT2D eigenvalue weighted by Crippen LogP contribution is -2.25. The second-order valence-corrected chi connectivity index (χ2v) is 8.99. The normalized spacial score (nSPS) is 19.3. The first-order valence-electron chi connectivity index (χ1n) is 11.6. The minimum Gasteiger partial charge on any atom is -0.396 e. The standard InChI is InChI=1S/C24H31N7O2/c1-16(26-14-24(15-32)9-10-24)17-13-27-31-22(25-2)12-21(30-23(17)31)29-20-8-5-6-18(28-20)19-7-3-4-11-33-19/h5-6,8,12-13,19,25-26,32H,1,3-4,7,9-11,14-15H2,2H3,(H,28,29,30). The number of pyridine rings is 1. The number of aliphatic hydroxyl groups excluding tert-OH is 1. The molecule has 0 amide bonds. The zero-order chi connectivity index (χ0) is 22.8. The van der Waals surface area contributed by atoms with Gasteiger partial charge in [0, 0.05) is 37.4 Å². The van der Waals surface area contributed by atoms with Gasteiger partial charge in [-0.15, -0.1) is 0 Å². The molecule has 174 valence electrons. The molecular weight excluding hydrogens is 418 g/mol. The number of ether oxygens (including phenoxy) is 1. The quantitative estimate of drug-likeness (QED) is 0.393. The molecule has 4 N–H and O–H groups in total. The third-order valence-electron chi connectivity index (χ3n) is 6.56. The maximum atomic E-state index is 9.59. The van der Waals surface area contributed by atoms with Gasteiger partial charge in [-0.1, -0.05) is 12.6 Å². The molecule has 3 aromatic heterocycles. The SMILES string of the molecule is C=C(NCC1(CO)CC1)c1cnn2c(NC)cc(Nc3cccc(C4CCCCO4)n3)nc12. The van der Waals surface area contributed by atoms with Crippen LogP contribution in [0.3, 0.4) is 0 Å². The summed E-state index contributed by atoms with van der Waals surface area (Å²) in [4.78, 5) is 9.58. The third-order valence-corrected chi connectivity index (χ3v) is 6.56. The molecule has 0 radical (unpaired) electrons. The summed E-state index contributed by atoms with van der Waals surface area (Å²) in [5, 5.41) is 24.0. The Bertz CT molecular complexity index is 1150. The molecule has 2 aliphatic rings. The van der Waals surface area contributed by atoms with Crippen molar-refractivity contribution in [2.24, 2.45) is 5.41 Å². The van der Waals surface area contributed by atoms with E-state index in [1.54, 1.807) is 10.7 Å². The summed E-state index contributed by atoms with van der Waals surface area (Å²) in [6.45, 7) is 5.86. The molecule has 9 nitrogen and oxygen atoms in total. The molecule has 0 aromatic carbocycles. The van der Waals surface area contributed by atoms with Gasteiger partial charge in [-0.25, -0.2) is 9.97 Å². The maximum absolute atomic E-state index is 9.59. The molecule has 3 aromatic rings. The molecule has 1 saturated heterocycles. The molecule has 4 heterocycles. The first-order valence-corrected chi connectivity index (χ1v) is 11.6. The van der Waals surface area contributed by atoms with Gasteiger partial charge in [-0.2, -0.15) is 9.61 Å². The Morgan fingerprint density at radius 2 is 2.15 bits per heavy atom. The lowest BCUT2D eigenvalue weighted by molar-refractivity contribution is 0.0124. The number of aliphatic hydroxyl groups is 1. The topological polar surface area (TPSA) is 109 Å². The van der Waals surface area contributed by atoms with E-state index >= 15 is 0 Å². The van der Waals surface area contributed by atoms with Crippen molar-refractivity contribution in [2.75, 3.05) is 37.4 Å². The average molecular weight is 450 g/mol. The van der Waals surface area contributed by atoms with Gasteiger partial charge < -0.3 is 25.8 Å². The highest BCUT2D eigenvalue weighted by Gasteiger charge is 2.41. The number of hydrogen-bond acceptors (Lipinski definition) is 8. The minimum atomic E-state index is -0.0130. The highest BCUT2D eigenvalue weighted by Crippen LogP contribution is 2.44. The number of fused-ring (bicyclic) bond motifs is 1. The Kier molecular flexibility index (Phi) is 5.90. The Morgan fingerprint density at radius 1 is 1.27 bits per heavy atom. The van der Waals surface area contributed by atoms with E-state index in [1.807, 2.05) is 31.3 Å². The van der Waals surface area contributed by atoms with Crippen LogP contribution in [0.5, 0.6) is 0 Å². The lowest BCUT2D eigenvalue weighted by atomic mass is 10.1. The third kappa shape index (κ3) is 4.51. The number of nitrogens with one attached hydrogen (secondary N) is 3. The van der Waals surface area contributed by atoms with E-state index < -0.39 is 0 Å². The Hall–Kier alpha value is -3.17. The van der Waals surface area contributed by atoms with Gasteiger partial charge in [-0.3, -0.25) is 0 Å². The molecule has 1 unspecified atom stereocenters. The van der Waals surface area contributed by atoms with Crippen LogP contribution in [-0.2, 0) is 4.74 Å². The molecule has 33 heavy (non-hydrogen) atoms. The Morgan fingerprint density at radius 3 is 2.88 bits per heavy atom. The van der Waals surface area contributed by atoms with Crippen LogP contribution < -0.4 is 16.0 Å². The predicted molar refractivity (Wildman–Crippen MR) is 128 cm³/mol. The van der Waals surface area contributed by atoms with E-state index in [-0.39, 0.29) is 18.1 Å². The average Bonchev–Trinajstić information content (AvgIpc) is 3.52. The first-order chi connectivity index (χ1) is 16.1. The number of anilines is 3. The summed E-state index contributed by atoms with van der Waals surface area (Å²) in [5.74, 6) is 2.17. The van der Waals surface area contributed by atoms with Crippen molar-refractivity contribution < 1.29 is 9.84 Å². The van der Waals surface area contributed by atoms with Gasteiger partial charge in [0.15, 0.2) is 5.65 Å². The summed E-state index contributed by atoms with van der Waals surface area (Å²) in [6, 6.07) is 7.83. The van der Waals surface area contributed by atoms with E-state index in [0.29, 0.717) is 18.0 Å². The van der Waals surface area contributed by atoms with Crippen molar-refractivity contribution in [2.45, 2.75) is 38.2 Å². The number of rotatable bonds is 9. The van der Waals surface area contributed by atoms with E-state index in [9.17, 15) is 5.11 Å². The van der Waals surface area contributed by atoms with Gasteiger partial charge >= 0.3 is 0 Å². The molecule has 0 spiro atoms. The summed E-state index contributed by atoms with van der Waals surface area (Å²) >= 11 is 0. The predicted octanol–water partition coefficient (Wildman–Crippen LogP) is 3.48. The van der Waals surface area contributed by atoms with Gasteiger partial charge in [0.05, 0.1) is 30.2 Å². The Labute approximate surface area is 193 Å². The molecule has 0 bridgehead atoms. The first kappa shape index (κ1) is 21.7. The second-order valence-electron chi connectivity index (χ2n) is 8.99. The van der Waals surface area contributed by atoms with Crippen LogP contribution in [0.25, 0.3) is 11.3 Å². The van der Waals surface area contributed by atoms with Gasteiger partial charge in [0.25, 0.3) is 0 Å². The fourth-order valence-electron chi connectivity index (χ4n) is 4.18. The summed E-state index contributed by atoms with van der Waals surface area (Å²) in [5.41, 5.74) is 3.17. The molecule has 5 rings (SSSR count). The fraction of sp³-hybridized carbons (Fsp3) is 0.458. The van der Waals surface area contributed by atoms with Crippen molar-refractivity contribution in [1.82, 2.24) is 24.9 Å². The Balaban J connectivity index is 1.39. The molecular formula is C24H31N7O2. The molecule has 2 fully saturated rings. The maximum Gasteiger partial charge on any atom is 0.168 e. The molecule has 1 saturated carbocycles. The smallest absolute Gasteiger partial charge is 0.168 e. The molecule has 1 atom stereocenters. The zero-order valence-corrected chi connectivity index (χ0v) is 19.0. The van der Waals surface area contributed by atoms with Crippen LogP contribution in [0.4, 0.5) is 17.5 Å². The summed E-state index contributed by atoms with van der Waals surface area (Å²) in [7, 11) is 1.85. The summed E-state index contributed by atoms with van der Waals surface area (Å²) in [6.07, 6.45) is 7.15. The molecule has 1 aliphatic carbocycles. The van der Waals surface area contributed by atoms with Crippen LogP contribution in [-0.4, -0.2) is 51.5 Å². The second kappa shape index (κ2) is 8.99. The van der Waals surface area contributed by atoms with Crippen LogP contribution in [0.2, 0.25) is 0 Å². The number of hydrogen-bond donors (Lipinski definition) is 4. The van der Waals surface area contributed by atoms with Crippen molar-refractivity contribution in [3.8, 4) is 0 Å². The van der Waals surface area contributed by atoms with Crippen LogP contribution in [0.15, 0.2) is 37.0 Å². The van der Waals surface area contributed by atoms with E-state index in [4.69, 9.17) is 14.7 Å². The minimum absolute atomic E-state index is 0.0130. The summed E-state index contributed by atoms with van der Waals surface area (Å²) < 4.78 is 7.65. The van der Waals surface area contributed by atoms with E-state index in [1.165, 1.54) is 0 Å². The molecule has 1 aliphatic heterocycles. The van der Waals surface area contributed by atoms with Crippen LogP contribution in [0, 0.1) is 5.41 Å². The fourth-order valence-corrected chi connectivity index (χ4v) is 4.18. The van der Waals surface area contributed by atoms with Gasteiger partial charge in [0.1, 0.15) is 17.5 Å². The largest absolute Gasteiger partial charge is 0.396 e. The lowest BCUT2D eigenvalue weighted by Gasteiger charge is -2.22.